The third-order valence-corrected chi connectivity index (χ3v) is 4.38. The number of pyridine rings is 1. The Kier molecular flexibility index (Phi) is 2.63. The minimum absolute atomic E-state index is 0.0706. The van der Waals surface area contributed by atoms with E-state index in [-0.39, 0.29) is 22.8 Å². The van der Waals surface area contributed by atoms with Crippen LogP contribution in [0.1, 0.15) is 16.8 Å². The van der Waals surface area contributed by atoms with E-state index < -0.39 is 16.9 Å². The second-order valence-electron chi connectivity index (χ2n) is 5.72. The number of nitrogens with two attached hydrogens (primary N) is 1. The van der Waals surface area contributed by atoms with Crippen LogP contribution in [0.3, 0.4) is 0 Å². The molecule has 1 aromatic carbocycles. The van der Waals surface area contributed by atoms with Crippen molar-refractivity contribution in [3.8, 4) is 11.8 Å². The van der Waals surface area contributed by atoms with Crippen molar-refractivity contribution >= 4 is 11.6 Å². The lowest BCUT2D eigenvalue weighted by Crippen LogP contribution is -2.46. The number of hydrogen-bond acceptors (Lipinski definition) is 5. The Morgan fingerprint density at radius 2 is 2.04 bits per heavy atom. The molecule has 2 aliphatic heterocycles. The van der Waals surface area contributed by atoms with Crippen molar-refractivity contribution < 1.29 is 9.53 Å². The summed E-state index contributed by atoms with van der Waals surface area (Å²) in [5.74, 6) is -0.497. The van der Waals surface area contributed by atoms with Gasteiger partial charge in [-0.3, -0.25) is 9.59 Å². The summed E-state index contributed by atoms with van der Waals surface area (Å²) in [6.45, 7) is 1.69. The number of carbonyl (C=O) groups excluding carboxylic acids is 1. The normalized spacial score (nSPS) is 20.9. The molecule has 4 N–H and O–H groups in total. The number of anilines is 1. The Bertz CT molecular complexity index is 1040. The molecule has 24 heavy (non-hydrogen) atoms. The number of benzene rings is 1. The van der Waals surface area contributed by atoms with E-state index in [4.69, 9.17) is 10.5 Å². The Morgan fingerprint density at radius 1 is 1.29 bits per heavy atom. The van der Waals surface area contributed by atoms with Crippen LogP contribution in [-0.2, 0) is 10.2 Å². The number of aromatic nitrogens is 1. The quantitative estimate of drug-likeness (QED) is 0.669. The molecule has 4 rings (SSSR count). The summed E-state index contributed by atoms with van der Waals surface area (Å²) in [5.41, 5.74) is 5.41. The second-order valence-corrected chi connectivity index (χ2v) is 5.72. The highest BCUT2D eigenvalue weighted by Gasteiger charge is 2.57. The number of hydrogen-bond donors (Lipinski definition) is 3. The molecule has 0 saturated carbocycles. The molecule has 1 spiro atoms. The van der Waals surface area contributed by atoms with Crippen LogP contribution in [0, 0.1) is 18.3 Å². The molecule has 1 amide bonds. The van der Waals surface area contributed by atoms with E-state index in [0.717, 1.165) is 0 Å². The smallest absolute Gasteiger partial charge is 0.256 e. The van der Waals surface area contributed by atoms with Crippen molar-refractivity contribution in [3.63, 3.8) is 0 Å². The van der Waals surface area contributed by atoms with Crippen molar-refractivity contribution in [1.29, 1.82) is 5.26 Å². The number of nitrogens with zero attached hydrogens (tertiary/aromatic N) is 1. The average Bonchev–Trinajstić information content (AvgIpc) is 2.80. The lowest BCUT2D eigenvalue weighted by atomic mass is 9.69. The fraction of sp³-hybridized carbons (Fsp3) is 0.118. The third kappa shape index (κ3) is 1.49. The number of ether oxygens (including phenoxy) is 1. The Hall–Kier alpha value is -3.53. The Labute approximate surface area is 136 Å². The number of para-hydroxylation sites is 1. The predicted octanol–water partition coefficient (Wildman–Crippen LogP) is 1.01. The molecule has 0 saturated heterocycles. The van der Waals surface area contributed by atoms with Crippen LogP contribution in [0.5, 0.6) is 5.75 Å². The molecule has 118 valence electrons. The van der Waals surface area contributed by atoms with Crippen LogP contribution in [0.25, 0.3) is 0 Å². The molecule has 0 radical (unpaired) electrons. The van der Waals surface area contributed by atoms with Gasteiger partial charge in [-0.15, -0.1) is 0 Å². The van der Waals surface area contributed by atoms with Crippen LogP contribution in [0.4, 0.5) is 5.69 Å². The maximum absolute atomic E-state index is 13.0. The summed E-state index contributed by atoms with van der Waals surface area (Å²) in [7, 11) is 0. The first-order valence-corrected chi connectivity index (χ1v) is 7.23. The zero-order valence-corrected chi connectivity index (χ0v) is 12.6. The summed E-state index contributed by atoms with van der Waals surface area (Å²) >= 11 is 0. The van der Waals surface area contributed by atoms with Crippen LogP contribution >= 0.6 is 0 Å². The van der Waals surface area contributed by atoms with E-state index in [1.165, 1.54) is 0 Å². The molecule has 7 nitrogen and oxygen atoms in total. The van der Waals surface area contributed by atoms with E-state index in [9.17, 15) is 14.9 Å². The molecular formula is C17H12N4O3. The van der Waals surface area contributed by atoms with E-state index in [0.29, 0.717) is 16.9 Å². The number of fused-ring (bicyclic) bond motifs is 4. The van der Waals surface area contributed by atoms with E-state index >= 15 is 0 Å². The van der Waals surface area contributed by atoms with Crippen LogP contribution < -0.4 is 21.3 Å². The number of aromatic amines is 1. The van der Waals surface area contributed by atoms with Crippen LogP contribution in [-0.4, -0.2) is 10.9 Å². The van der Waals surface area contributed by atoms with Gasteiger partial charge >= 0.3 is 0 Å². The molecule has 1 atom stereocenters. The van der Waals surface area contributed by atoms with Gasteiger partial charge in [0.2, 0.25) is 11.8 Å². The van der Waals surface area contributed by atoms with Gasteiger partial charge < -0.3 is 20.8 Å². The molecule has 3 heterocycles. The summed E-state index contributed by atoms with van der Waals surface area (Å²) in [6.07, 6.45) is 0. The number of carbonyl (C=O) groups is 1. The summed E-state index contributed by atoms with van der Waals surface area (Å²) in [6, 6.07) is 10.5. The van der Waals surface area contributed by atoms with Gasteiger partial charge in [-0.1, -0.05) is 18.2 Å². The second kappa shape index (κ2) is 4.49. The molecular weight excluding hydrogens is 308 g/mol. The molecule has 0 bridgehead atoms. The minimum Gasteiger partial charge on any atom is -0.440 e. The van der Waals surface area contributed by atoms with Gasteiger partial charge in [0.05, 0.1) is 5.56 Å². The topological polar surface area (TPSA) is 121 Å². The third-order valence-electron chi connectivity index (χ3n) is 4.38. The summed E-state index contributed by atoms with van der Waals surface area (Å²) < 4.78 is 5.48. The number of amides is 1. The zero-order valence-electron chi connectivity index (χ0n) is 12.6. The maximum Gasteiger partial charge on any atom is 0.256 e. The number of rotatable bonds is 0. The van der Waals surface area contributed by atoms with Crippen molar-refractivity contribution in [2.24, 2.45) is 5.73 Å². The highest BCUT2D eigenvalue weighted by Crippen LogP contribution is 2.51. The van der Waals surface area contributed by atoms with Gasteiger partial charge in [0, 0.05) is 23.0 Å². The summed E-state index contributed by atoms with van der Waals surface area (Å²) in [5, 5.41) is 12.4. The highest BCUT2D eigenvalue weighted by atomic mass is 16.5. The van der Waals surface area contributed by atoms with Crippen LogP contribution in [0.15, 0.2) is 46.6 Å². The average molecular weight is 320 g/mol. The van der Waals surface area contributed by atoms with Gasteiger partial charge in [-0.25, -0.2) is 0 Å². The van der Waals surface area contributed by atoms with Gasteiger partial charge in [-0.2, -0.15) is 5.26 Å². The van der Waals surface area contributed by atoms with E-state index in [1.807, 2.05) is 6.07 Å². The fourth-order valence-corrected chi connectivity index (χ4v) is 3.47. The number of aryl methyl sites for hydroxylation is 1. The van der Waals surface area contributed by atoms with Gasteiger partial charge in [-0.05, 0) is 13.0 Å². The first-order chi connectivity index (χ1) is 11.5. The lowest BCUT2D eigenvalue weighted by Gasteiger charge is -2.32. The molecule has 0 aliphatic carbocycles. The first-order valence-electron chi connectivity index (χ1n) is 7.23. The largest absolute Gasteiger partial charge is 0.440 e. The van der Waals surface area contributed by atoms with Crippen LogP contribution in [0.2, 0.25) is 0 Å². The van der Waals surface area contributed by atoms with E-state index in [2.05, 4.69) is 10.3 Å². The van der Waals surface area contributed by atoms with Crippen molar-refractivity contribution in [2.45, 2.75) is 12.3 Å². The van der Waals surface area contributed by atoms with Crippen molar-refractivity contribution in [1.82, 2.24) is 4.98 Å². The molecule has 7 heteroatoms. The Balaban J connectivity index is 2.22. The number of nitriles is 1. The molecule has 2 aliphatic rings. The molecule has 0 unspecified atom stereocenters. The predicted molar refractivity (Wildman–Crippen MR) is 85.1 cm³/mol. The highest BCUT2D eigenvalue weighted by molar-refractivity contribution is 6.12. The Morgan fingerprint density at radius 3 is 2.79 bits per heavy atom. The number of H-pyrrole nitrogens is 1. The zero-order chi connectivity index (χ0) is 17.1. The maximum atomic E-state index is 13.0. The van der Waals surface area contributed by atoms with Crippen molar-refractivity contribution in [3.05, 3.63) is 69.0 Å². The fourth-order valence-electron chi connectivity index (χ4n) is 3.47. The van der Waals surface area contributed by atoms with Gasteiger partial charge in [0.15, 0.2) is 5.41 Å². The van der Waals surface area contributed by atoms with Crippen molar-refractivity contribution in [2.75, 3.05) is 5.32 Å². The SMILES string of the molecule is Cc1cc2c(c(=O)[nH]1)[C@@]1(C(=O)Nc3ccccc31)C(C#N)=C(N)O2. The van der Waals surface area contributed by atoms with E-state index in [1.54, 1.807) is 37.3 Å². The van der Waals surface area contributed by atoms with Gasteiger partial charge in [0.25, 0.3) is 5.56 Å². The number of nitrogens with one attached hydrogen (secondary N) is 2. The van der Waals surface area contributed by atoms with Gasteiger partial charge in [0.1, 0.15) is 17.4 Å². The first kappa shape index (κ1) is 14.1. The monoisotopic (exact) mass is 320 g/mol. The molecule has 0 fully saturated rings. The standard InChI is InChI=1S/C17H12N4O3/c1-8-6-12-13(15(22)20-8)17(10(7-18)14(19)24-12)9-4-2-3-5-11(9)21-16(17)23/h2-6H,19H2,1H3,(H,20,22)(H,21,23)/t17-/m0/s1. The minimum atomic E-state index is -1.61. The molecule has 1 aromatic heterocycles. The molecule has 2 aromatic rings. The summed E-state index contributed by atoms with van der Waals surface area (Å²) in [4.78, 5) is 28.3. The lowest BCUT2D eigenvalue weighted by molar-refractivity contribution is -0.118.